The molecule has 2 heteroatoms. The molecule has 0 radical (unpaired) electrons. The van der Waals surface area contributed by atoms with E-state index in [4.69, 9.17) is 0 Å². The largest absolute Gasteiger partial charge is 0.239 e. The molecule has 0 heterocycles. The van der Waals surface area contributed by atoms with Crippen LogP contribution in [0.15, 0.2) is 41.5 Å². The minimum atomic E-state index is 0.803. The first-order valence-electron chi connectivity index (χ1n) is 4.11. The van der Waals surface area contributed by atoms with Crippen LogP contribution in [-0.2, 0) is 11.2 Å². The zero-order chi connectivity index (χ0) is 9.52. The van der Waals surface area contributed by atoms with Gasteiger partial charge in [-0.15, -0.1) is 0 Å². The van der Waals surface area contributed by atoms with Crippen LogP contribution >= 0.6 is 0 Å². The van der Waals surface area contributed by atoms with Crippen molar-refractivity contribution >= 4 is 6.08 Å². The van der Waals surface area contributed by atoms with Gasteiger partial charge in [-0.3, -0.25) is 0 Å². The number of aliphatic imine (C=N–C) groups is 1. The molecule has 0 aliphatic carbocycles. The number of rotatable bonds is 3. The first kappa shape index (κ1) is 9.43. The highest BCUT2D eigenvalue weighted by Crippen LogP contribution is 2.07. The van der Waals surface area contributed by atoms with E-state index >= 15 is 0 Å². The summed E-state index contributed by atoms with van der Waals surface area (Å²) in [5, 5.41) is 0. The molecule has 2 nitrogen and oxygen atoms in total. The highest BCUT2D eigenvalue weighted by molar-refractivity contribution is 5.35. The quantitative estimate of drug-likeness (QED) is 0.509. The van der Waals surface area contributed by atoms with Crippen molar-refractivity contribution in [1.29, 1.82) is 0 Å². The van der Waals surface area contributed by atoms with Gasteiger partial charge in [-0.1, -0.05) is 30.3 Å². The number of benzene rings is 1. The number of carbonyl (C=O) groups excluding carboxylic acids is 1. The highest BCUT2D eigenvalue weighted by atomic mass is 16.1. The van der Waals surface area contributed by atoms with Crippen LogP contribution in [0, 0.1) is 6.92 Å². The maximum absolute atomic E-state index is 9.74. The molecule has 0 saturated carbocycles. The minimum absolute atomic E-state index is 0.803. The summed E-state index contributed by atoms with van der Waals surface area (Å²) in [6.45, 7) is 2.06. The third kappa shape index (κ3) is 3.06. The molecule has 66 valence electrons. The van der Waals surface area contributed by atoms with Gasteiger partial charge in [0, 0.05) is 6.20 Å². The van der Waals surface area contributed by atoms with Crippen molar-refractivity contribution in [1.82, 2.24) is 0 Å². The standard InChI is InChI=1S/C11H11NO/c1-10-5-2-3-6-11(10)7-4-8-12-9-13/h2-6,8H,7H2,1H3/b8-4-. The first-order valence-corrected chi connectivity index (χ1v) is 4.11. The predicted octanol–water partition coefficient (Wildman–Crippen LogP) is 2.39. The Bertz CT molecular complexity index is 349. The van der Waals surface area contributed by atoms with E-state index in [0.29, 0.717) is 0 Å². The molecule has 0 N–H and O–H groups in total. The fraction of sp³-hybridized carbons (Fsp3) is 0.182. The van der Waals surface area contributed by atoms with E-state index in [1.54, 1.807) is 0 Å². The zero-order valence-electron chi connectivity index (χ0n) is 7.53. The van der Waals surface area contributed by atoms with Gasteiger partial charge in [-0.25, -0.2) is 4.79 Å². The lowest BCUT2D eigenvalue weighted by Crippen LogP contribution is -1.84. The minimum Gasteiger partial charge on any atom is -0.211 e. The van der Waals surface area contributed by atoms with E-state index in [0.717, 1.165) is 6.42 Å². The monoisotopic (exact) mass is 173 g/mol. The van der Waals surface area contributed by atoms with Gasteiger partial charge in [0.05, 0.1) is 0 Å². The number of aryl methyl sites for hydroxylation is 1. The number of nitrogens with zero attached hydrogens (tertiary/aromatic N) is 1. The molecule has 13 heavy (non-hydrogen) atoms. The van der Waals surface area contributed by atoms with Crippen molar-refractivity contribution in [2.24, 2.45) is 4.99 Å². The smallest absolute Gasteiger partial charge is 0.211 e. The summed E-state index contributed by atoms with van der Waals surface area (Å²) in [5.41, 5.74) is 2.50. The number of isocyanates is 1. The molecule has 0 aliphatic rings. The maximum Gasteiger partial charge on any atom is 0.239 e. The average molecular weight is 173 g/mol. The summed E-state index contributed by atoms with van der Waals surface area (Å²) in [7, 11) is 0. The lowest BCUT2D eigenvalue weighted by atomic mass is 10.1. The molecule has 0 saturated heterocycles. The second-order valence-corrected chi connectivity index (χ2v) is 2.74. The van der Waals surface area contributed by atoms with Gasteiger partial charge >= 0.3 is 0 Å². The summed E-state index contributed by atoms with van der Waals surface area (Å²) in [6, 6.07) is 8.13. The van der Waals surface area contributed by atoms with E-state index in [9.17, 15) is 4.79 Å². The van der Waals surface area contributed by atoms with Crippen molar-refractivity contribution < 1.29 is 4.79 Å². The van der Waals surface area contributed by atoms with Gasteiger partial charge in [-0.05, 0) is 24.5 Å². The molecule has 0 aromatic heterocycles. The number of hydrogen-bond acceptors (Lipinski definition) is 2. The third-order valence-corrected chi connectivity index (χ3v) is 1.83. The van der Waals surface area contributed by atoms with Gasteiger partial charge in [0.1, 0.15) is 0 Å². The molecule has 0 fully saturated rings. The van der Waals surface area contributed by atoms with Crippen LogP contribution in [0.5, 0.6) is 0 Å². The van der Waals surface area contributed by atoms with Gasteiger partial charge in [0.25, 0.3) is 0 Å². The van der Waals surface area contributed by atoms with Crippen LogP contribution in [0.25, 0.3) is 0 Å². The van der Waals surface area contributed by atoms with Crippen molar-refractivity contribution in [2.75, 3.05) is 0 Å². The van der Waals surface area contributed by atoms with E-state index in [-0.39, 0.29) is 0 Å². The molecule has 1 aromatic rings. The van der Waals surface area contributed by atoms with Gasteiger partial charge in [0.2, 0.25) is 6.08 Å². The van der Waals surface area contributed by atoms with Gasteiger partial charge in [-0.2, -0.15) is 4.99 Å². The molecular formula is C11H11NO. The lowest BCUT2D eigenvalue weighted by molar-refractivity contribution is 0.565. The van der Waals surface area contributed by atoms with Crippen LogP contribution in [-0.4, -0.2) is 6.08 Å². The summed E-state index contributed by atoms with van der Waals surface area (Å²) >= 11 is 0. The van der Waals surface area contributed by atoms with Crippen LogP contribution in [0.3, 0.4) is 0 Å². The van der Waals surface area contributed by atoms with Crippen molar-refractivity contribution in [3.05, 3.63) is 47.7 Å². The van der Waals surface area contributed by atoms with Crippen molar-refractivity contribution in [3.63, 3.8) is 0 Å². The van der Waals surface area contributed by atoms with Crippen LogP contribution in [0.1, 0.15) is 11.1 Å². The molecule has 0 aliphatic heterocycles. The SMILES string of the molecule is Cc1ccccc1C/C=C\N=C=O. The molecular weight excluding hydrogens is 162 g/mol. The Kier molecular flexibility index (Phi) is 3.68. The van der Waals surface area contributed by atoms with Crippen molar-refractivity contribution in [3.8, 4) is 0 Å². The van der Waals surface area contributed by atoms with Gasteiger partial charge in [0.15, 0.2) is 0 Å². The topological polar surface area (TPSA) is 29.4 Å². The lowest BCUT2D eigenvalue weighted by Gasteiger charge is -1.99. The Labute approximate surface area is 77.6 Å². The molecule has 0 bridgehead atoms. The van der Waals surface area contributed by atoms with E-state index < -0.39 is 0 Å². The third-order valence-electron chi connectivity index (χ3n) is 1.83. The fourth-order valence-electron chi connectivity index (χ4n) is 1.10. The molecule has 0 spiro atoms. The molecule has 1 aromatic carbocycles. The fourth-order valence-corrected chi connectivity index (χ4v) is 1.10. The Balaban J connectivity index is 2.64. The molecule has 0 unspecified atom stereocenters. The molecule has 1 rings (SSSR count). The van der Waals surface area contributed by atoms with Crippen LogP contribution in [0.2, 0.25) is 0 Å². The van der Waals surface area contributed by atoms with Crippen LogP contribution < -0.4 is 0 Å². The Morgan fingerprint density at radius 3 is 2.92 bits per heavy atom. The Morgan fingerprint density at radius 1 is 1.46 bits per heavy atom. The molecule has 0 atom stereocenters. The van der Waals surface area contributed by atoms with E-state index in [2.05, 4.69) is 24.0 Å². The first-order chi connectivity index (χ1) is 6.34. The summed E-state index contributed by atoms with van der Waals surface area (Å²) in [6.07, 6.45) is 5.57. The van der Waals surface area contributed by atoms with E-state index in [1.165, 1.54) is 23.4 Å². The summed E-state index contributed by atoms with van der Waals surface area (Å²) in [5.74, 6) is 0. The highest BCUT2D eigenvalue weighted by Gasteiger charge is 1.91. The van der Waals surface area contributed by atoms with E-state index in [1.807, 2.05) is 18.2 Å². The van der Waals surface area contributed by atoms with Gasteiger partial charge < -0.3 is 0 Å². The predicted molar refractivity (Wildman–Crippen MR) is 52.1 cm³/mol. The Morgan fingerprint density at radius 2 is 2.23 bits per heavy atom. The number of allylic oxidation sites excluding steroid dienone is 1. The normalized spacial score (nSPS) is 9.92. The number of hydrogen-bond donors (Lipinski definition) is 0. The summed E-state index contributed by atoms with van der Waals surface area (Å²) < 4.78 is 0. The second kappa shape index (κ2) is 5.07. The molecule has 0 amide bonds. The Hall–Kier alpha value is -1.66. The van der Waals surface area contributed by atoms with Crippen LogP contribution in [0.4, 0.5) is 0 Å². The van der Waals surface area contributed by atoms with Crippen molar-refractivity contribution in [2.45, 2.75) is 13.3 Å². The average Bonchev–Trinajstić information content (AvgIpc) is 2.15. The summed E-state index contributed by atoms with van der Waals surface area (Å²) in [4.78, 5) is 13.1. The second-order valence-electron chi connectivity index (χ2n) is 2.74. The zero-order valence-corrected chi connectivity index (χ0v) is 7.53. The maximum atomic E-state index is 9.74.